The van der Waals surface area contributed by atoms with E-state index in [1.807, 2.05) is 29.2 Å². The highest BCUT2D eigenvalue weighted by Gasteiger charge is 2.34. The second kappa shape index (κ2) is 9.19. The molecule has 31 heavy (non-hydrogen) atoms. The van der Waals surface area contributed by atoms with Crippen molar-refractivity contribution in [2.45, 2.75) is 69.9 Å². The van der Waals surface area contributed by atoms with Crippen LogP contribution in [0.25, 0.3) is 0 Å². The summed E-state index contributed by atoms with van der Waals surface area (Å²) in [6, 6.07) is 8.70. The van der Waals surface area contributed by atoms with E-state index in [4.69, 9.17) is 4.74 Å². The minimum Gasteiger partial charge on any atom is -0.490 e. The average molecular weight is 426 g/mol. The fraction of sp³-hybridized carbons (Fsp3) is 0.680. The van der Waals surface area contributed by atoms with E-state index in [1.54, 1.807) is 0 Å². The maximum Gasteiger partial charge on any atom is 0.227 e. The van der Waals surface area contributed by atoms with E-state index >= 15 is 0 Å². The Bertz CT molecular complexity index is 776. The highest BCUT2D eigenvalue weighted by molar-refractivity contribution is 5.95. The standard InChI is InChI=1S/C25H35N3O3/c29-24-5-2-14-28(24)21-8-12-23(13-9-21)31-22-10-6-19(7-11-22)25(30)27-17-15-26(16-18-27)20-3-1-4-20/h8-9,12-13,19-20,22H,1-7,10-11,14-18H2. The van der Waals surface area contributed by atoms with Gasteiger partial charge in [-0.15, -0.1) is 0 Å². The van der Waals surface area contributed by atoms with Crippen LogP contribution in [0.5, 0.6) is 5.75 Å². The maximum absolute atomic E-state index is 13.0. The largest absolute Gasteiger partial charge is 0.490 e. The van der Waals surface area contributed by atoms with Gasteiger partial charge in [-0.3, -0.25) is 14.5 Å². The summed E-state index contributed by atoms with van der Waals surface area (Å²) in [6.07, 6.45) is 9.55. The highest BCUT2D eigenvalue weighted by Crippen LogP contribution is 2.31. The molecule has 6 heteroatoms. The first kappa shape index (κ1) is 20.8. The lowest BCUT2D eigenvalue weighted by molar-refractivity contribution is -0.139. The summed E-state index contributed by atoms with van der Waals surface area (Å²) in [5, 5.41) is 0. The molecule has 5 rings (SSSR count). The SMILES string of the molecule is O=C(C1CCC(Oc2ccc(N3CCCC3=O)cc2)CC1)N1CCN(C2CCC2)CC1. The molecular formula is C25H35N3O3. The molecule has 0 radical (unpaired) electrons. The lowest BCUT2D eigenvalue weighted by Crippen LogP contribution is -2.54. The molecule has 0 unspecified atom stereocenters. The van der Waals surface area contributed by atoms with Crippen molar-refractivity contribution in [1.82, 2.24) is 9.80 Å². The lowest BCUT2D eigenvalue weighted by Gasteiger charge is -2.43. The summed E-state index contributed by atoms with van der Waals surface area (Å²) < 4.78 is 6.20. The minimum atomic E-state index is 0.165. The normalized spacial score (nSPS) is 27.9. The van der Waals surface area contributed by atoms with Crippen molar-refractivity contribution < 1.29 is 14.3 Å². The van der Waals surface area contributed by atoms with E-state index in [0.717, 1.165) is 82.3 Å². The van der Waals surface area contributed by atoms with E-state index in [2.05, 4.69) is 9.80 Å². The van der Waals surface area contributed by atoms with E-state index in [9.17, 15) is 9.59 Å². The van der Waals surface area contributed by atoms with Crippen molar-refractivity contribution in [2.75, 3.05) is 37.6 Å². The molecule has 4 aliphatic rings. The Kier molecular flexibility index (Phi) is 6.17. The number of hydrogen-bond donors (Lipinski definition) is 0. The molecule has 6 nitrogen and oxygen atoms in total. The van der Waals surface area contributed by atoms with Crippen LogP contribution in [0, 0.1) is 5.92 Å². The Morgan fingerprint density at radius 3 is 2.13 bits per heavy atom. The molecule has 2 amide bonds. The van der Waals surface area contributed by atoms with Gasteiger partial charge in [0.05, 0.1) is 6.10 Å². The number of anilines is 1. The van der Waals surface area contributed by atoms with Crippen LogP contribution in [-0.2, 0) is 9.59 Å². The van der Waals surface area contributed by atoms with Gasteiger partial charge in [0.25, 0.3) is 0 Å². The van der Waals surface area contributed by atoms with Crippen LogP contribution >= 0.6 is 0 Å². The van der Waals surface area contributed by atoms with Crippen LogP contribution in [0.15, 0.2) is 24.3 Å². The summed E-state index contributed by atoms with van der Waals surface area (Å²) in [5.74, 6) is 1.60. The van der Waals surface area contributed by atoms with Crippen LogP contribution in [0.4, 0.5) is 5.69 Å². The van der Waals surface area contributed by atoms with Crippen LogP contribution in [0.2, 0.25) is 0 Å². The summed E-state index contributed by atoms with van der Waals surface area (Å²) in [7, 11) is 0. The lowest BCUT2D eigenvalue weighted by atomic mass is 9.86. The summed E-state index contributed by atoms with van der Waals surface area (Å²) in [5.41, 5.74) is 0.960. The van der Waals surface area contributed by atoms with Crippen molar-refractivity contribution in [1.29, 1.82) is 0 Å². The van der Waals surface area contributed by atoms with Crippen LogP contribution in [0.3, 0.4) is 0 Å². The second-order valence-corrected chi connectivity index (χ2v) is 9.68. The number of ether oxygens (including phenoxy) is 1. The first-order valence-corrected chi connectivity index (χ1v) is 12.3. The Hall–Kier alpha value is -2.08. The zero-order valence-corrected chi connectivity index (χ0v) is 18.5. The molecule has 0 N–H and O–H groups in total. The number of hydrogen-bond acceptors (Lipinski definition) is 4. The molecule has 0 atom stereocenters. The smallest absolute Gasteiger partial charge is 0.227 e. The third-order valence-corrected chi connectivity index (χ3v) is 7.77. The number of nitrogens with zero attached hydrogens (tertiary/aromatic N) is 3. The van der Waals surface area contributed by atoms with Crippen LogP contribution in [-0.4, -0.2) is 66.5 Å². The molecule has 2 aliphatic carbocycles. The first-order chi connectivity index (χ1) is 15.2. The molecule has 2 aliphatic heterocycles. The van der Waals surface area contributed by atoms with Crippen LogP contribution < -0.4 is 9.64 Å². The molecule has 0 spiro atoms. The molecule has 2 saturated carbocycles. The highest BCUT2D eigenvalue weighted by atomic mass is 16.5. The first-order valence-electron chi connectivity index (χ1n) is 12.3. The van der Waals surface area contributed by atoms with Crippen LogP contribution in [0.1, 0.15) is 57.8 Å². The van der Waals surface area contributed by atoms with Crippen molar-refractivity contribution in [3.8, 4) is 5.75 Å². The number of rotatable bonds is 5. The fourth-order valence-corrected chi connectivity index (χ4v) is 5.56. The van der Waals surface area contributed by atoms with E-state index < -0.39 is 0 Å². The summed E-state index contributed by atoms with van der Waals surface area (Å²) in [6.45, 7) is 4.71. The van der Waals surface area contributed by atoms with Gasteiger partial charge in [-0.2, -0.15) is 0 Å². The second-order valence-electron chi connectivity index (χ2n) is 9.68. The Morgan fingerprint density at radius 1 is 0.839 bits per heavy atom. The minimum absolute atomic E-state index is 0.165. The summed E-state index contributed by atoms with van der Waals surface area (Å²) in [4.78, 5) is 31.5. The van der Waals surface area contributed by atoms with Gasteiger partial charge >= 0.3 is 0 Å². The monoisotopic (exact) mass is 425 g/mol. The van der Waals surface area contributed by atoms with Gasteiger partial charge < -0.3 is 14.5 Å². The average Bonchev–Trinajstić information content (AvgIpc) is 3.20. The Balaban J connectivity index is 1.06. The van der Waals surface area contributed by atoms with E-state index in [1.165, 1.54) is 19.3 Å². The number of piperazine rings is 1. The van der Waals surface area contributed by atoms with Crippen molar-refractivity contribution in [3.63, 3.8) is 0 Å². The third-order valence-electron chi connectivity index (χ3n) is 7.77. The Labute approximate surface area is 185 Å². The third kappa shape index (κ3) is 4.59. The van der Waals surface area contributed by atoms with Gasteiger partial charge in [0.1, 0.15) is 5.75 Å². The molecule has 168 valence electrons. The van der Waals surface area contributed by atoms with Gasteiger partial charge in [0.2, 0.25) is 11.8 Å². The molecule has 4 fully saturated rings. The zero-order valence-electron chi connectivity index (χ0n) is 18.5. The topological polar surface area (TPSA) is 53.1 Å². The predicted molar refractivity (Wildman–Crippen MR) is 120 cm³/mol. The van der Waals surface area contributed by atoms with Crippen molar-refractivity contribution >= 4 is 17.5 Å². The quantitative estimate of drug-likeness (QED) is 0.725. The molecule has 0 bridgehead atoms. The van der Waals surface area contributed by atoms with Crippen molar-refractivity contribution in [2.24, 2.45) is 5.92 Å². The molecule has 1 aromatic rings. The molecule has 1 aromatic carbocycles. The van der Waals surface area contributed by atoms with Gasteiger partial charge in [0, 0.05) is 56.8 Å². The molecule has 2 heterocycles. The predicted octanol–water partition coefficient (Wildman–Crippen LogP) is 3.45. The fourth-order valence-electron chi connectivity index (χ4n) is 5.56. The van der Waals surface area contributed by atoms with Gasteiger partial charge in [-0.1, -0.05) is 6.42 Å². The van der Waals surface area contributed by atoms with E-state index in [-0.39, 0.29) is 17.9 Å². The number of carbonyl (C=O) groups excluding carboxylic acids is 2. The molecule has 2 saturated heterocycles. The molecule has 0 aromatic heterocycles. The molecular weight excluding hydrogens is 390 g/mol. The number of benzene rings is 1. The van der Waals surface area contributed by atoms with Gasteiger partial charge in [-0.05, 0) is 69.2 Å². The number of carbonyl (C=O) groups is 2. The van der Waals surface area contributed by atoms with Crippen molar-refractivity contribution in [3.05, 3.63) is 24.3 Å². The Morgan fingerprint density at radius 2 is 1.55 bits per heavy atom. The van der Waals surface area contributed by atoms with E-state index in [0.29, 0.717) is 12.3 Å². The van der Waals surface area contributed by atoms with Gasteiger partial charge in [0.15, 0.2) is 0 Å². The number of amides is 2. The van der Waals surface area contributed by atoms with Gasteiger partial charge in [-0.25, -0.2) is 0 Å². The zero-order chi connectivity index (χ0) is 21.2. The maximum atomic E-state index is 13.0. The summed E-state index contributed by atoms with van der Waals surface area (Å²) >= 11 is 0.